The summed E-state index contributed by atoms with van der Waals surface area (Å²) in [6, 6.07) is 5.42. The molecule has 0 aliphatic carbocycles. The number of piperidine rings is 1. The molecule has 0 radical (unpaired) electrons. The van der Waals surface area contributed by atoms with Crippen LogP contribution in [-0.4, -0.2) is 57.8 Å². The summed E-state index contributed by atoms with van der Waals surface area (Å²) in [5.74, 6) is -0.764. The third-order valence-corrected chi connectivity index (χ3v) is 7.88. The van der Waals surface area contributed by atoms with Gasteiger partial charge in [-0.2, -0.15) is 0 Å². The Balaban J connectivity index is 1.52. The maximum absolute atomic E-state index is 13.4. The molecule has 3 fully saturated rings. The molecule has 29 heavy (non-hydrogen) atoms. The Hall–Kier alpha value is -2.28. The SMILES string of the molecule is CCC1c2cc(O)ccc2NC2C1CN1C(=O)C3COC(=O)[C@](O)(CC)C3CC21. The van der Waals surface area contributed by atoms with E-state index in [1.807, 2.05) is 17.0 Å². The summed E-state index contributed by atoms with van der Waals surface area (Å²) in [5.41, 5.74) is 0.508. The Morgan fingerprint density at radius 2 is 2.10 bits per heavy atom. The van der Waals surface area contributed by atoms with Gasteiger partial charge in [-0.05, 0) is 48.9 Å². The van der Waals surface area contributed by atoms with Crippen molar-refractivity contribution in [3.05, 3.63) is 23.8 Å². The Bertz CT molecular complexity index is 873. The number of carbonyl (C=O) groups is 2. The standard InChI is InChI=1S/C22H28N2O5/c1-3-12-13-7-11(25)5-6-17(13)23-19-14(12)9-24-18(19)8-16-15(20(24)26)10-29-21(27)22(16,28)4-2/h5-7,12,14-16,18-19,23,25,28H,3-4,8-10H2,1-2H3/t12?,14?,15?,16?,18?,19?,22-/m0/s1. The monoisotopic (exact) mass is 400 g/mol. The number of aromatic hydroxyl groups is 1. The van der Waals surface area contributed by atoms with Crippen LogP contribution in [0.2, 0.25) is 0 Å². The minimum Gasteiger partial charge on any atom is -0.508 e. The number of phenolic OH excluding ortho intramolecular Hbond substituents is 1. The molecular weight excluding hydrogens is 372 g/mol. The van der Waals surface area contributed by atoms with Crippen LogP contribution in [-0.2, 0) is 14.3 Å². The predicted octanol–water partition coefficient (Wildman–Crippen LogP) is 1.84. The lowest BCUT2D eigenvalue weighted by atomic mass is 9.67. The van der Waals surface area contributed by atoms with E-state index in [4.69, 9.17) is 4.74 Å². The number of nitrogens with one attached hydrogen (secondary N) is 1. The van der Waals surface area contributed by atoms with Gasteiger partial charge in [0.15, 0.2) is 5.60 Å². The van der Waals surface area contributed by atoms with Crippen molar-refractivity contribution in [2.75, 3.05) is 18.5 Å². The van der Waals surface area contributed by atoms with Crippen molar-refractivity contribution in [3.63, 3.8) is 0 Å². The zero-order chi connectivity index (χ0) is 20.5. The Labute approximate surface area is 170 Å². The molecule has 4 aliphatic heterocycles. The molecule has 1 aromatic rings. The molecule has 0 aromatic heterocycles. The van der Waals surface area contributed by atoms with E-state index >= 15 is 0 Å². The molecule has 0 spiro atoms. The molecule has 0 bridgehead atoms. The van der Waals surface area contributed by atoms with Crippen molar-refractivity contribution >= 4 is 17.6 Å². The molecule has 156 valence electrons. The van der Waals surface area contributed by atoms with Crippen LogP contribution >= 0.6 is 0 Å². The fourth-order valence-corrected chi connectivity index (χ4v) is 6.36. The number of phenols is 1. The van der Waals surface area contributed by atoms with Crippen molar-refractivity contribution in [1.82, 2.24) is 4.90 Å². The number of fused-ring (bicyclic) bond motifs is 5. The molecule has 5 rings (SSSR count). The summed E-state index contributed by atoms with van der Waals surface area (Å²) in [7, 11) is 0. The second-order valence-corrected chi connectivity index (χ2v) is 9.00. The average molecular weight is 400 g/mol. The van der Waals surface area contributed by atoms with Crippen molar-refractivity contribution in [3.8, 4) is 5.75 Å². The van der Waals surface area contributed by atoms with Gasteiger partial charge >= 0.3 is 5.97 Å². The maximum atomic E-state index is 13.4. The van der Waals surface area contributed by atoms with Gasteiger partial charge in [-0.3, -0.25) is 4.79 Å². The first-order valence-corrected chi connectivity index (χ1v) is 10.7. The zero-order valence-electron chi connectivity index (χ0n) is 16.8. The van der Waals surface area contributed by atoms with Gasteiger partial charge in [-0.1, -0.05) is 13.8 Å². The predicted molar refractivity (Wildman–Crippen MR) is 105 cm³/mol. The lowest BCUT2D eigenvalue weighted by Crippen LogP contribution is -2.64. The highest BCUT2D eigenvalue weighted by Gasteiger charge is 2.61. The summed E-state index contributed by atoms with van der Waals surface area (Å²) < 4.78 is 5.22. The van der Waals surface area contributed by atoms with E-state index in [9.17, 15) is 19.8 Å². The number of anilines is 1. The first-order chi connectivity index (χ1) is 13.9. The number of rotatable bonds is 2. The molecule has 3 N–H and O–H groups in total. The van der Waals surface area contributed by atoms with Crippen molar-refractivity contribution in [2.24, 2.45) is 17.8 Å². The second-order valence-electron chi connectivity index (χ2n) is 9.00. The molecule has 4 heterocycles. The third-order valence-electron chi connectivity index (χ3n) is 7.88. The number of benzene rings is 1. The maximum Gasteiger partial charge on any atom is 0.338 e. The molecule has 6 unspecified atom stereocenters. The largest absolute Gasteiger partial charge is 0.508 e. The number of aliphatic hydroxyl groups is 1. The smallest absolute Gasteiger partial charge is 0.338 e. The van der Waals surface area contributed by atoms with Crippen LogP contribution in [0.4, 0.5) is 5.69 Å². The number of esters is 1. The number of ether oxygens (including phenoxy) is 1. The quantitative estimate of drug-likeness (QED) is 0.518. The summed E-state index contributed by atoms with van der Waals surface area (Å²) in [6.45, 7) is 4.62. The Morgan fingerprint density at radius 1 is 1.31 bits per heavy atom. The first kappa shape index (κ1) is 18.7. The normalized spacial score (nSPS) is 40.3. The van der Waals surface area contributed by atoms with Gasteiger partial charge in [-0.25, -0.2) is 4.79 Å². The third kappa shape index (κ3) is 2.46. The Kier molecular flexibility index (Phi) is 4.11. The van der Waals surface area contributed by atoms with Crippen molar-refractivity contribution < 1.29 is 24.5 Å². The summed E-state index contributed by atoms with van der Waals surface area (Å²) in [6.07, 6.45) is 1.75. The summed E-state index contributed by atoms with van der Waals surface area (Å²) >= 11 is 0. The number of amides is 1. The molecule has 4 aliphatic rings. The van der Waals surface area contributed by atoms with E-state index in [-0.39, 0.29) is 48.6 Å². The molecule has 3 saturated heterocycles. The van der Waals surface area contributed by atoms with Gasteiger partial charge in [0.05, 0.1) is 18.0 Å². The van der Waals surface area contributed by atoms with Crippen LogP contribution in [0.1, 0.15) is 44.6 Å². The van der Waals surface area contributed by atoms with Crippen LogP contribution in [0.5, 0.6) is 5.75 Å². The molecule has 7 nitrogen and oxygen atoms in total. The number of nitrogens with zero attached hydrogens (tertiary/aromatic N) is 1. The minimum atomic E-state index is -1.59. The number of hydrogen-bond acceptors (Lipinski definition) is 6. The lowest BCUT2D eigenvalue weighted by Gasteiger charge is -2.49. The summed E-state index contributed by atoms with van der Waals surface area (Å²) in [4.78, 5) is 27.7. The van der Waals surface area contributed by atoms with Crippen molar-refractivity contribution in [1.29, 1.82) is 0 Å². The van der Waals surface area contributed by atoms with E-state index < -0.39 is 23.4 Å². The van der Waals surface area contributed by atoms with Gasteiger partial charge in [0, 0.05) is 24.1 Å². The summed E-state index contributed by atoms with van der Waals surface area (Å²) in [5, 5.41) is 24.7. The van der Waals surface area contributed by atoms with Gasteiger partial charge in [0.2, 0.25) is 5.91 Å². The van der Waals surface area contributed by atoms with Crippen molar-refractivity contribution in [2.45, 2.75) is 56.7 Å². The molecule has 7 heteroatoms. The Morgan fingerprint density at radius 3 is 2.83 bits per heavy atom. The number of carbonyl (C=O) groups excluding carboxylic acids is 2. The van der Waals surface area contributed by atoms with Crippen LogP contribution in [0.25, 0.3) is 0 Å². The van der Waals surface area contributed by atoms with Crippen LogP contribution < -0.4 is 5.32 Å². The zero-order valence-corrected chi connectivity index (χ0v) is 16.8. The highest BCUT2D eigenvalue weighted by atomic mass is 16.6. The van der Waals surface area contributed by atoms with Gasteiger partial charge in [-0.15, -0.1) is 0 Å². The molecular formula is C22H28N2O5. The first-order valence-electron chi connectivity index (χ1n) is 10.7. The minimum absolute atomic E-state index is 0.0106. The highest BCUT2D eigenvalue weighted by molar-refractivity contribution is 5.87. The molecule has 1 amide bonds. The fraction of sp³-hybridized carbons (Fsp3) is 0.636. The van der Waals surface area contributed by atoms with Crippen LogP contribution in [0.3, 0.4) is 0 Å². The highest BCUT2D eigenvalue weighted by Crippen LogP contribution is 2.51. The fourth-order valence-electron chi connectivity index (χ4n) is 6.36. The molecule has 0 saturated carbocycles. The van der Waals surface area contributed by atoms with E-state index in [1.54, 1.807) is 13.0 Å². The molecule has 7 atom stereocenters. The average Bonchev–Trinajstić information content (AvgIpc) is 3.08. The second kappa shape index (κ2) is 6.36. The van der Waals surface area contributed by atoms with E-state index in [0.29, 0.717) is 13.0 Å². The van der Waals surface area contributed by atoms with Gasteiger partial charge < -0.3 is 25.2 Å². The van der Waals surface area contributed by atoms with E-state index in [1.165, 1.54) is 0 Å². The number of hydrogen-bond donors (Lipinski definition) is 3. The number of cyclic esters (lactones) is 1. The van der Waals surface area contributed by atoms with Crippen LogP contribution in [0, 0.1) is 17.8 Å². The van der Waals surface area contributed by atoms with E-state index in [2.05, 4.69) is 12.2 Å². The van der Waals surface area contributed by atoms with E-state index in [0.717, 1.165) is 17.7 Å². The topological polar surface area (TPSA) is 99.1 Å². The lowest BCUT2D eigenvalue weighted by molar-refractivity contribution is -0.201. The van der Waals surface area contributed by atoms with Crippen LogP contribution in [0.15, 0.2) is 18.2 Å². The van der Waals surface area contributed by atoms with Gasteiger partial charge in [0.1, 0.15) is 12.4 Å². The molecule has 1 aromatic carbocycles. The van der Waals surface area contributed by atoms with Gasteiger partial charge in [0.25, 0.3) is 0 Å².